The number of ether oxygens (including phenoxy) is 2. The van der Waals surface area contributed by atoms with E-state index in [1.807, 2.05) is 60.4 Å². The number of rotatable bonds is 31. The van der Waals surface area contributed by atoms with Crippen LogP contribution in [-0.2, 0) is 40.0 Å². The Bertz CT molecular complexity index is 1910. The molecule has 1 aromatic carbocycles. The smallest absolute Gasteiger partial charge is 0.334 e. The van der Waals surface area contributed by atoms with Crippen molar-refractivity contribution < 1.29 is 48.2 Å². The van der Waals surface area contributed by atoms with Gasteiger partial charge in [-0.3, -0.25) is 28.9 Å². The van der Waals surface area contributed by atoms with Crippen LogP contribution < -0.4 is 26.2 Å². The number of hydrogen-bond acceptors (Lipinski definition) is 13. The number of likely N-dealkylation sites (N-methyl/N-ethyl adjacent to an activating group) is 1. The Morgan fingerprint density at radius 1 is 0.899 bits per heavy atom. The van der Waals surface area contributed by atoms with Gasteiger partial charge in [-0.05, 0) is 94.5 Å². The maximum atomic E-state index is 14.8. The van der Waals surface area contributed by atoms with Gasteiger partial charge in [-0.1, -0.05) is 87.3 Å². The second-order valence-corrected chi connectivity index (χ2v) is 20.0. The van der Waals surface area contributed by atoms with E-state index in [-0.39, 0.29) is 84.8 Å². The van der Waals surface area contributed by atoms with Crippen LogP contribution in [0.2, 0.25) is 0 Å². The number of aliphatic carboxylic acids is 1. The number of aromatic nitrogens is 1. The molecule has 17 nitrogen and oxygen atoms in total. The zero-order valence-electron chi connectivity index (χ0n) is 43.1. The largest absolute Gasteiger partial charge is 0.481 e. The molecule has 0 aliphatic carbocycles. The molecule has 0 spiro atoms. The van der Waals surface area contributed by atoms with Gasteiger partial charge in [0.1, 0.15) is 34.6 Å². The van der Waals surface area contributed by atoms with Gasteiger partial charge >= 0.3 is 11.9 Å². The Morgan fingerprint density at radius 3 is 2.20 bits per heavy atom. The summed E-state index contributed by atoms with van der Waals surface area (Å²) in [7, 11) is 1.97. The number of benzene rings is 1. The molecule has 1 aliphatic rings. The quantitative estimate of drug-likeness (QED) is 0.0230. The molecule has 1 aliphatic heterocycles. The standard InChI is InChI=1S/C51H83N7O10S/c1-12-25-58(49(62)45(34(9)14-3)56-47(61)40-18-16-17-26-57(40)11)41(32(5)6)30-42(66-27-13-2)48-54-39(31-69-48)46(60)53-37(28-35(10)50(63)64)29-36-19-21-38(22-20-36)68-51(65)44(33(7)8)55-43(59)23-24-52-67-15-4/h19-22,31-35,37,40-42,44-45,52H,12-18,23-30H2,1-11H3,(H,53,60)(H,55,59)(H,56,61)(H,63,64)/t34-,35-,37+,40+,41+,42+,44+,45-/m0/s1. The van der Waals surface area contributed by atoms with Crippen LogP contribution in [0.15, 0.2) is 29.6 Å². The molecule has 1 saturated heterocycles. The number of hydrogen-bond donors (Lipinski definition) is 5. The lowest BCUT2D eigenvalue weighted by Crippen LogP contribution is -2.58. The highest BCUT2D eigenvalue weighted by molar-refractivity contribution is 7.09. The Kier molecular flexibility index (Phi) is 25.8. The first kappa shape index (κ1) is 58.8. The summed E-state index contributed by atoms with van der Waals surface area (Å²) >= 11 is 1.30. The first-order valence-electron chi connectivity index (χ1n) is 25.2. The van der Waals surface area contributed by atoms with Gasteiger partial charge in [0.25, 0.3) is 5.91 Å². The van der Waals surface area contributed by atoms with Crippen LogP contribution in [0.25, 0.3) is 0 Å². The van der Waals surface area contributed by atoms with E-state index >= 15 is 0 Å². The molecule has 3 rings (SSSR count). The SMILES string of the molecule is CCCO[C@H](C[C@H](C(C)C)N(CCC)C(=O)[C@@H](NC(=O)[C@H]1CCCCN1C)[C@@H](C)CC)c1nc(C(=O)N[C@@H](Cc2ccc(OC(=O)[C@H](NC(=O)CCNOCC)C(C)C)cc2)C[C@H](C)C(=O)O)cs1. The van der Waals surface area contributed by atoms with Crippen molar-refractivity contribution in [3.63, 3.8) is 0 Å². The first-order chi connectivity index (χ1) is 32.8. The number of carbonyl (C=O) groups excluding carboxylic acids is 5. The molecule has 18 heteroatoms. The maximum absolute atomic E-state index is 14.8. The highest BCUT2D eigenvalue weighted by Crippen LogP contribution is 2.32. The third kappa shape index (κ3) is 19.0. The number of nitrogens with zero attached hydrogens (tertiary/aromatic N) is 3. The zero-order valence-corrected chi connectivity index (χ0v) is 44.0. The molecule has 0 radical (unpaired) electrons. The van der Waals surface area contributed by atoms with Crippen LogP contribution >= 0.6 is 11.3 Å². The number of likely N-dealkylation sites (tertiary alicyclic amines) is 1. The second kappa shape index (κ2) is 30.3. The average Bonchev–Trinajstić information content (AvgIpc) is 3.81. The number of esters is 1. The zero-order chi connectivity index (χ0) is 51.2. The molecule has 1 fully saturated rings. The lowest BCUT2D eigenvalue weighted by molar-refractivity contribution is -0.143. The van der Waals surface area contributed by atoms with Crippen LogP contribution in [0.1, 0.15) is 154 Å². The molecule has 388 valence electrons. The van der Waals surface area contributed by atoms with E-state index in [1.165, 1.54) is 11.3 Å². The number of hydroxylamine groups is 1. The topological polar surface area (TPSA) is 218 Å². The highest BCUT2D eigenvalue weighted by atomic mass is 32.1. The molecule has 8 atom stereocenters. The second-order valence-electron chi connectivity index (χ2n) is 19.2. The van der Waals surface area contributed by atoms with Crippen molar-refractivity contribution in [2.75, 3.05) is 39.9 Å². The Morgan fingerprint density at radius 2 is 1.61 bits per heavy atom. The molecular formula is C51H83N7O10S. The molecule has 1 aromatic heterocycles. The first-order valence-corrected chi connectivity index (χ1v) is 26.1. The molecule has 69 heavy (non-hydrogen) atoms. The summed E-state index contributed by atoms with van der Waals surface area (Å²) in [5, 5.41) is 21.1. The van der Waals surface area contributed by atoms with Gasteiger partial charge in [0, 0.05) is 50.0 Å². The van der Waals surface area contributed by atoms with E-state index in [4.69, 9.17) is 19.3 Å². The van der Waals surface area contributed by atoms with E-state index in [0.717, 1.165) is 44.2 Å². The van der Waals surface area contributed by atoms with Crippen LogP contribution in [0.3, 0.4) is 0 Å². The number of nitrogens with one attached hydrogen (secondary N) is 4. The van der Waals surface area contributed by atoms with Gasteiger partial charge in [-0.25, -0.2) is 15.3 Å². The minimum atomic E-state index is -0.995. The summed E-state index contributed by atoms with van der Waals surface area (Å²) < 4.78 is 12.1. The summed E-state index contributed by atoms with van der Waals surface area (Å²) in [6, 6.07) is 4.04. The van der Waals surface area contributed by atoms with Crippen molar-refractivity contribution in [1.29, 1.82) is 0 Å². The minimum absolute atomic E-state index is 0.0237. The fourth-order valence-electron chi connectivity index (χ4n) is 8.44. The lowest BCUT2D eigenvalue weighted by Gasteiger charge is -2.40. The normalized spacial score (nSPS) is 17.3. The summed E-state index contributed by atoms with van der Waals surface area (Å²) in [6.07, 6.45) is 5.39. The number of carbonyl (C=O) groups is 6. The van der Waals surface area contributed by atoms with Gasteiger partial charge < -0.3 is 40.3 Å². The summed E-state index contributed by atoms with van der Waals surface area (Å²) in [6.45, 7) is 21.8. The third-order valence-corrected chi connectivity index (χ3v) is 13.7. The van der Waals surface area contributed by atoms with E-state index in [2.05, 4.69) is 40.2 Å². The number of thiazole rings is 1. The van der Waals surface area contributed by atoms with Crippen molar-refractivity contribution in [2.45, 2.75) is 170 Å². The molecule has 0 saturated carbocycles. The predicted molar refractivity (Wildman–Crippen MR) is 267 cm³/mol. The summed E-state index contributed by atoms with van der Waals surface area (Å²) in [4.78, 5) is 94.0. The van der Waals surface area contributed by atoms with E-state index < -0.39 is 48.0 Å². The number of amides is 4. The monoisotopic (exact) mass is 986 g/mol. The number of carboxylic acids is 1. The van der Waals surface area contributed by atoms with E-state index in [9.17, 15) is 33.9 Å². The number of piperidine rings is 1. The number of carboxylic acid groups (broad SMARTS) is 1. The highest BCUT2D eigenvalue weighted by Gasteiger charge is 2.38. The van der Waals surface area contributed by atoms with Crippen molar-refractivity contribution in [2.24, 2.45) is 23.7 Å². The molecule has 2 heterocycles. The molecular weight excluding hydrogens is 903 g/mol. The lowest BCUT2D eigenvalue weighted by atomic mass is 9.92. The van der Waals surface area contributed by atoms with Gasteiger partial charge in [-0.2, -0.15) is 0 Å². The molecule has 0 bridgehead atoms. The fraction of sp³-hybridized carbons (Fsp3) is 0.706. The Hall–Kier alpha value is -4.49. The summed E-state index contributed by atoms with van der Waals surface area (Å²) in [5.74, 6) is -3.42. The van der Waals surface area contributed by atoms with Crippen LogP contribution in [0, 0.1) is 23.7 Å². The van der Waals surface area contributed by atoms with Crippen LogP contribution in [0.5, 0.6) is 5.75 Å². The van der Waals surface area contributed by atoms with E-state index in [1.54, 1.807) is 36.6 Å². The molecule has 2 aromatic rings. The van der Waals surface area contributed by atoms with Crippen molar-refractivity contribution in [3.05, 3.63) is 45.9 Å². The minimum Gasteiger partial charge on any atom is -0.481 e. The molecule has 4 amide bonds. The van der Waals surface area contributed by atoms with Gasteiger partial charge in [-0.15, -0.1) is 11.3 Å². The fourth-order valence-corrected chi connectivity index (χ4v) is 9.30. The third-order valence-electron chi connectivity index (χ3n) is 12.7. The van der Waals surface area contributed by atoms with Gasteiger partial charge in [0.05, 0.1) is 18.6 Å². The molecule has 0 unspecified atom stereocenters. The Balaban J connectivity index is 1.81. The van der Waals surface area contributed by atoms with Gasteiger partial charge in [0.15, 0.2) is 0 Å². The predicted octanol–water partition coefficient (Wildman–Crippen LogP) is 6.71. The maximum Gasteiger partial charge on any atom is 0.334 e. The van der Waals surface area contributed by atoms with Crippen LogP contribution in [-0.4, -0.2) is 126 Å². The van der Waals surface area contributed by atoms with E-state index in [0.29, 0.717) is 37.6 Å². The van der Waals surface area contributed by atoms with Crippen molar-refractivity contribution >= 4 is 46.9 Å². The van der Waals surface area contributed by atoms with Gasteiger partial charge in [0.2, 0.25) is 17.7 Å². The van der Waals surface area contributed by atoms with Crippen molar-refractivity contribution in [1.82, 2.24) is 36.2 Å². The van der Waals surface area contributed by atoms with Crippen molar-refractivity contribution in [3.8, 4) is 5.75 Å². The average molecular weight is 986 g/mol. The van der Waals surface area contributed by atoms with Crippen LogP contribution in [0.4, 0.5) is 0 Å². The summed E-state index contributed by atoms with van der Waals surface area (Å²) in [5.41, 5.74) is 3.62. The Labute approximate surface area is 414 Å². The molecule has 5 N–H and O–H groups in total.